The Balaban J connectivity index is 2.48. The van der Waals surface area contributed by atoms with Crippen molar-refractivity contribution in [2.45, 2.75) is 20.8 Å². The number of anilines is 1. The summed E-state index contributed by atoms with van der Waals surface area (Å²) in [4.78, 5) is 14.9. The molecule has 1 atom stereocenters. The molecule has 0 saturated heterocycles. The lowest BCUT2D eigenvalue weighted by Crippen LogP contribution is -2.15. The van der Waals surface area contributed by atoms with E-state index in [2.05, 4.69) is 31.1 Å². The topological polar surface area (TPSA) is 62.2 Å². The van der Waals surface area contributed by atoms with Crippen LogP contribution in [0.5, 0.6) is 0 Å². The summed E-state index contributed by atoms with van der Waals surface area (Å²) in [6, 6.07) is 0. The van der Waals surface area contributed by atoms with Crippen molar-refractivity contribution in [3.05, 3.63) is 11.1 Å². The highest BCUT2D eigenvalue weighted by Gasteiger charge is 2.10. The number of nitrogens with zero attached hydrogens (tertiary/aromatic N) is 1. The molecule has 5 heteroatoms. The second kappa shape index (κ2) is 5.11. The lowest BCUT2D eigenvalue weighted by molar-refractivity contribution is 0.0702. The van der Waals surface area contributed by atoms with Gasteiger partial charge in [0.25, 0.3) is 0 Å². The van der Waals surface area contributed by atoms with E-state index in [4.69, 9.17) is 5.11 Å². The summed E-state index contributed by atoms with van der Waals surface area (Å²) in [5.74, 6) is 0.232. The summed E-state index contributed by atoms with van der Waals surface area (Å²) in [5, 5.41) is 12.5. The van der Waals surface area contributed by atoms with Crippen LogP contribution in [0.1, 0.15) is 30.4 Å². The number of nitrogens with one attached hydrogen (secondary N) is 1. The molecule has 1 heterocycles. The Hall–Kier alpha value is -1.10. The second-order valence-electron chi connectivity index (χ2n) is 3.94. The van der Waals surface area contributed by atoms with E-state index in [1.54, 1.807) is 0 Å². The predicted molar refractivity (Wildman–Crippen MR) is 61.6 cm³/mol. The molecule has 0 amide bonds. The molecule has 15 heavy (non-hydrogen) atoms. The molecule has 0 spiro atoms. The molecule has 1 aromatic rings. The number of carboxylic acids is 1. The van der Waals surface area contributed by atoms with Crippen LogP contribution in [-0.4, -0.2) is 22.6 Å². The van der Waals surface area contributed by atoms with Crippen LogP contribution in [0.25, 0.3) is 0 Å². The predicted octanol–water partition coefficient (Wildman–Crippen LogP) is 2.55. The van der Waals surface area contributed by atoms with Crippen molar-refractivity contribution < 1.29 is 9.90 Å². The van der Waals surface area contributed by atoms with E-state index < -0.39 is 5.97 Å². The molecule has 0 aromatic carbocycles. The molecule has 1 unspecified atom stereocenters. The standard InChI is InChI=1S/C10H16N2O2S/c1-6(2)7(3)4-11-10-12-5-8(15-10)9(13)14/h5-7H,4H2,1-3H3,(H,11,12)(H,13,14). The third-order valence-electron chi connectivity index (χ3n) is 2.43. The maximum Gasteiger partial charge on any atom is 0.347 e. The van der Waals surface area contributed by atoms with E-state index in [1.807, 2.05) is 0 Å². The van der Waals surface area contributed by atoms with Crippen LogP contribution < -0.4 is 5.32 Å². The average Bonchev–Trinajstić information content (AvgIpc) is 2.62. The molecular weight excluding hydrogens is 212 g/mol. The van der Waals surface area contributed by atoms with Gasteiger partial charge in [0.05, 0.1) is 6.20 Å². The maximum absolute atomic E-state index is 10.6. The van der Waals surface area contributed by atoms with Crippen molar-refractivity contribution in [2.75, 3.05) is 11.9 Å². The van der Waals surface area contributed by atoms with Crippen LogP contribution in [0.4, 0.5) is 5.13 Å². The molecule has 0 radical (unpaired) electrons. The highest BCUT2D eigenvalue weighted by Crippen LogP contribution is 2.19. The molecule has 1 rings (SSSR count). The lowest BCUT2D eigenvalue weighted by Gasteiger charge is -2.15. The Morgan fingerprint density at radius 1 is 1.60 bits per heavy atom. The molecule has 0 aliphatic carbocycles. The monoisotopic (exact) mass is 228 g/mol. The Labute approximate surface area is 93.4 Å². The number of carbonyl (C=O) groups is 1. The molecule has 2 N–H and O–H groups in total. The van der Waals surface area contributed by atoms with Crippen LogP contribution in [0.2, 0.25) is 0 Å². The van der Waals surface area contributed by atoms with Crippen molar-refractivity contribution in [1.82, 2.24) is 4.98 Å². The Morgan fingerprint density at radius 2 is 2.27 bits per heavy atom. The summed E-state index contributed by atoms with van der Waals surface area (Å²) < 4.78 is 0. The van der Waals surface area contributed by atoms with Gasteiger partial charge in [0.2, 0.25) is 0 Å². The summed E-state index contributed by atoms with van der Waals surface area (Å²) in [5.41, 5.74) is 0. The van der Waals surface area contributed by atoms with Crippen LogP contribution in [0, 0.1) is 11.8 Å². The summed E-state index contributed by atoms with van der Waals surface area (Å²) in [6.45, 7) is 7.31. The fourth-order valence-electron chi connectivity index (χ4n) is 0.939. The molecule has 0 bridgehead atoms. The first kappa shape index (κ1) is 12.0. The van der Waals surface area contributed by atoms with E-state index in [0.717, 1.165) is 6.54 Å². The smallest absolute Gasteiger partial charge is 0.347 e. The van der Waals surface area contributed by atoms with Crippen molar-refractivity contribution in [3.8, 4) is 0 Å². The van der Waals surface area contributed by atoms with Gasteiger partial charge in [-0.3, -0.25) is 0 Å². The van der Waals surface area contributed by atoms with Crippen molar-refractivity contribution in [3.63, 3.8) is 0 Å². The molecule has 0 aliphatic rings. The zero-order valence-electron chi connectivity index (χ0n) is 9.15. The van der Waals surface area contributed by atoms with Crippen LogP contribution in [0.15, 0.2) is 6.20 Å². The normalized spacial score (nSPS) is 12.8. The Bertz CT molecular complexity index is 336. The number of hydrogen-bond acceptors (Lipinski definition) is 4. The van der Waals surface area contributed by atoms with Gasteiger partial charge >= 0.3 is 5.97 Å². The van der Waals surface area contributed by atoms with Gasteiger partial charge < -0.3 is 10.4 Å². The van der Waals surface area contributed by atoms with E-state index >= 15 is 0 Å². The largest absolute Gasteiger partial charge is 0.477 e. The molecule has 0 saturated carbocycles. The molecule has 1 aromatic heterocycles. The zero-order chi connectivity index (χ0) is 11.4. The van der Waals surface area contributed by atoms with Crippen molar-refractivity contribution in [2.24, 2.45) is 11.8 Å². The van der Waals surface area contributed by atoms with Gasteiger partial charge in [-0.25, -0.2) is 9.78 Å². The highest BCUT2D eigenvalue weighted by molar-refractivity contribution is 7.17. The first-order chi connectivity index (χ1) is 7.00. The molecule has 0 aliphatic heterocycles. The number of aromatic nitrogens is 1. The van der Waals surface area contributed by atoms with Gasteiger partial charge in [-0.1, -0.05) is 32.1 Å². The molecule has 0 fully saturated rings. The molecule has 4 nitrogen and oxygen atoms in total. The van der Waals surface area contributed by atoms with Crippen molar-refractivity contribution >= 4 is 22.4 Å². The minimum absolute atomic E-state index is 0.273. The number of rotatable bonds is 5. The summed E-state index contributed by atoms with van der Waals surface area (Å²) in [6.07, 6.45) is 1.38. The minimum Gasteiger partial charge on any atom is -0.477 e. The Morgan fingerprint density at radius 3 is 2.73 bits per heavy atom. The molecule has 84 valence electrons. The molecular formula is C10H16N2O2S. The van der Waals surface area contributed by atoms with E-state index in [1.165, 1.54) is 17.5 Å². The van der Waals surface area contributed by atoms with Gasteiger partial charge in [-0.2, -0.15) is 0 Å². The van der Waals surface area contributed by atoms with E-state index in [-0.39, 0.29) is 4.88 Å². The minimum atomic E-state index is -0.919. The van der Waals surface area contributed by atoms with Gasteiger partial charge in [0, 0.05) is 6.54 Å². The number of hydrogen-bond donors (Lipinski definition) is 2. The van der Waals surface area contributed by atoms with Crippen LogP contribution >= 0.6 is 11.3 Å². The number of thiazole rings is 1. The third kappa shape index (κ3) is 3.51. The van der Waals surface area contributed by atoms with Gasteiger partial charge in [-0.05, 0) is 11.8 Å². The van der Waals surface area contributed by atoms with Crippen LogP contribution in [0.3, 0.4) is 0 Å². The summed E-state index contributed by atoms with van der Waals surface area (Å²) >= 11 is 1.17. The zero-order valence-corrected chi connectivity index (χ0v) is 9.97. The van der Waals surface area contributed by atoms with E-state index in [9.17, 15) is 4.79 Å². The number of aromatic carboxylic acids is 1. The van der Waals surface area contributed by atoms with E-state index in [0.29, 0.717) is 17.0 Å². The quantitative estimate of drug-likeness (QED) is 0.813. The lowest BCUT2D eigenvalue weighted by atomic mass is 9.98. The average molecular weight is 228 g/mol. The Kier molecular flexibility index (Phi) is 4.08. The van der Waals surface area contributed by atoms with Crippen LogP contribution in [-0.2, 0) is 0 Å². The summed E-state index contributed by atoms with van der Waals surface area (Å²) in [7, 11) is 0. The van der Waals surface area contributed by atoms with Gasteiger partial charge in [0.1, 0.15) is 4.88 Å². The fourth-order valence-corrected chi connectivity index (χ4v) is 1.60. The maximum atomic E-state index is 10.6. The SMILES string of the molecule is CC(C)C(C)CNc1ncc(C(=O)O)s1. The van der Waals surface area contributed by atoms with Gasteiger partial charge in [0.15, 0.2) is 5.13 Å². The number of carboxylic acid groups (broad SMARTS) is 1. The van der Waals surface area contributed by atoms with Gasteiger partial charge in [-0.15, -0.1) is 0 Å². The second-order valence-corrected chi connectivity index (χ2v) is 4.97. The first-order valence-electron chi connectivity index (χ1n) is 4.93. The third-order valence-corrected chi connectivity index (χ3v) is 3.37. The highest BCUT2D eigenvalue weighted by atomic mass is 32.1. The van der Waals surface area contributed by atoms with Crippen molar-refractivity contribution in [1.29, 1.82) is 0 Å². The fraction of sp³-hybridized carbons (Fsp3) is 0.600. The first-order valence-corrected chi connectivity index (χ1v) is 5.75.